The van der Waals surface area contributed by atoms with Gasteiger partial charge in [0.05, 0.1) is 31.1 Å². The van der Waals surface area contributed by atoms with Gasteiger partial charge < -0.3 is 20.3 Å². The third-order valence-corrected chi connectivity index (χ3v) is 7.64. The third kappa shape index (κ3) is 5.59. The molecule has 0 saturated carbocycles. The Hall–Kier alpha value is -3.60. The SMILES string of the molecule is NCCOCCN1CCN(c2cccc(-c3cnc4ccc(N5CCC[C@H]5c5cccc(F)c5)nn34)n2)CC1. The number of aromatic nitrogens is 4. The lowest BCUT2D eigenvalue weighted by Gasteiger charge is -2.35. The fraction of sp³-hybridized carbons (Fsp3) is 0.414. The maximum Gasteiger partial charge on any atom is 0.154 e. The average Bonchev–Trinajstić information content (AvgIpc) is 3.63. The van der Waals surface area contributed by atoms with E-state index in [-0.39, 0.29) is 11.9 Å². The standard InChI is InChI=1S/C29H35FN8O/c30-23-5-1-4-22(20-23)25-7-3-12-37(25)29-10-9-27-32-21-26(38(27)34-29)24-6-2-8-28(33-24)36-15-13-35(14-16-36)17-19-39-18-11-31/h1-2,4-6,8-10,20-21,25H,3,7,11-19,31H2/t25-/m0/s1. The van der Waals surface area contributed by atoms with Gasteiger partial charge in [0.2, 0.25) is 0 Å². The Morgan fingerprint density at radius 1 is 0.949 bits per heavy atom. The van der Waals surface area contributed by atoms with Crippen LogP contribution in [0.2, 0.25) is 0 Å². The zero-order valence-electron chi connectivity index (χ0n) is 22.1. The molecule has 2 N–H and O–H groups in total. The number of imidazole rings is 1. The Labute approximate surface area is 228 Å². The summed E-state index contributed by atoms with van der Waals surface area (Å²) in [6, 6.07) is 17.1. The predicted molar refractivity (Wildman–Crippen MR) is 150 cm³/mol. The number of ether oxygens (including phenoxy) is 1. The molecule has 1 aromatic carbocycles. The number of hydrogen-bond donors (Lipinski definition) is 1. The quantitative estimate of drug-likeness (QED) is 0.330. The molecule has 204 valence electrons. The topological polar surface area (TPSA) is 88.0 Å². The highest BCUT2D eigenvalue weighted by Crippen LogP contribution is 2.35. The van der Waals surface area contributed by atoms with Gasteiger partial charge in [-0.3, -0.25) is 4.90 Å². The highest BCUT2D eigenvalue weighted by Gasteiger charge is 2.28. The number of benzene rings is 1. The van der Waals surface area contributed by atoms with E-state index in [1.807, 2.05) is 41.0 Å². The molecule has 2 fully saturated rings. The molecule has 2 saturated heterocycles. The first-order valence-electron chi connectivity index (χ1n) is 13.8. The Morgan fingerprint density at radius 3 is 2.67 bits per heavy atom. The second kappa shape index (κ2) is 11.6. The number of halogens is 1. The van der Waals surface area contributed by atoms with Gasteiger partial charge in [-0.1, -0.05) is 18.2 Å². The third-order valence-electron chi connectivity index (χ3n) is 7.64. The van der Waals surface area contributed by atoms with Crippen molar-refractivity contribution in [2.45, 2.75) is 18.9 Å². The first-order valence-corrected chi connectivity index (χ1v) is 13.8. The van der Waals surface area contributed by atoms with Crippen LogP contribution < -0.4 is 15.5 Å². The Kier molecular flexibility index (Phi) is 7.67. The van der Waals surface area contributed by atoms with Gasteiger partial charge in [0.25, 0.3) is 0 Å². The van der Waals surface area contributed by atoms with Crippen molar-refractivity contribution in [2.24, 2.45) is 5.73 Å². The minimum atomic E-state index is -0.205. The van der Waals surface area contributed by atoms with Gasteiger partial charge in [-0.05, 0) is 54.8 Å². The number of nitrogens with zero attached hydrogens (tertiary/aromatic N) is 7. The number of nitrogens with two attached hydrogens (primary N) is 1. The van der Waals surface area contributed by atoms with E-state index in [1.165, 1.54) is 6.07 Å². The van der Waals surface area contributed by atoms with Crippen LogP contribution in [0.5, 0.6) is 0 Å². The summed E-state index contributed by atoms with van der Waals surface area (Å²) in [5.41, 5.74) is 8.95. The van der Waals surface area contributed by atoms with Gasteiger partial charge >= 0.3 is 0 Å². The van der Waals surface area contributed by atoms with Gasteiger partial charge in [-0.25, -0.2) is 18.9 Å². The van der Waals surface area contributed by atoms with Crippen LogP contribution in [-0.2, 0) is 4.74 Å². The lowest BCUT2D eigenvalue weighted by molar-refractivity contribution is 0.107. The highest BCUT2D eigenvalue weighted by molar-refractivity contribution is 5.62. The molecular formula is C29H35FN8O. The molecule has 0 amide bonds. The fourth-order valence-corrected chi connectivity index (χ4v) is 5.61. The van der Waals surface area contributed by atoms with Crippen LogP contribution >= 0.6 is 0 Å². The summed E-state index contributed by atoms with van der Waals surface area (Å²) >= 11 is 0. The van der Waals surface area contributed by atoms with Crippen LogP contribution in [0.1, 0.15) is 24.4 Å². The van der Waals surface area contributed by atoms with Gasteiger partial charge in [0, 0.05) is 45.8 Å². The molecule has 0 unspecified atom stereocenters. The van der Waals surface area contributed by atoms with Gasteiger partial charge in [0.1, 0.15) is 23.1 Å². The summed E-state index contributed by atoms with van der Waals surface area (Å²) in [6.45, 7) is 7.47. The monoisotopic (exact) mass is 530 g/mol. The molecule has 6 rings (SSSR count). The molecule has 39 heavy (non-hydrogen) atoms. The smallest absolute Gasteiger partial charge is 0.154 e. The van der Waals surface area contributed by atoms with Crippen LogP contribution in [0.25, 0.3) is 17.0 Å². The maximum atomic E-state index is 14.0. The summed E-state index contributed by atoms with van der Waals surface area (Å²) in [5.74, 6) is 1.61. The molecule has 9 nitrogen and oxygen atoms in total. The Morgan fingerprint density at radius 2 is 1.82 bits per heavy atom. The van der Waals surface area contributed by atoms with Gasteiger partial charge in [-0.2, -0.15) is 0 Å². The van der Waals surface area contributed by atoms with E-state index >= 15 is 0 Å². The molecular weight excluding hydrogens is 495 g/mol. The normalized spacial score (nSPS) is 18.4. The van der Waals surface area contributed by atoms with Crippen LogP contribution in [0.3, 0.4) is 0 Å². The molecule has 2 aliphatic rings. The molecule has 10 heteroatoms. The van der Waals surface area contributed by atoms with E-state index < -0.39 is 0 Å². The maximum absolute atomic E-state index is 14.0. The predicted octanol–water partition coefficient (Wildman–Crippen LogP) is 3.37. The zero-order valence-corrected chi connectivity index (χ0v) is 22.1. The first-order chi connectivity index (χ1) is 19.2. The van der Waals surface area contributed by atoms with Crippen LogP contribution in [0.4, 0.5) is 16.0 Å². The summed E-state index contributed by atoms with van der Waals surface area (Å²) in [6.07, 6.45) is 3.85. The van der Waals surface area contributed by atoms with Gasteiger partial charge in [0.15, 0.2) is 5.65 Å². The van der Waals surface area contributed by atoms with Crippen molar-refractivity contribution in [3.8, 4) is 11.4 Å². The molecule has 4 aromatic rings. The lowest BCUT2D eigenvalue weighted by Crippen LogP contribution is -2.47. The van der Waals surface area contributed by atoms with Crippen molar-refractivity contribution >= 4 is 17.3 Å². The number of fused-ring (bicyclic) bond motifs is 1. The molecule has 0 bridgehead atoms. The Balaban J connectivity index is 1.20. The van der Waals surface area contributed by atoms with E-state index in [9.17, 15) is 4.39 Å². The van der Waals surface area contributed by atoms with E-state index in [2.05, 4.69) is 25.8 Å². The molecule has 0 aliphatic carbocycles. The minimum absolute atomic E-state index is 0.102. The van der Waals surface area contributed by atoms with Crippen LogP contribution in [0, 0.1) is 5.82 Å². The number of hydrogen-bond acceptors (Lipinski definition) is 8. The minimum Gasteiger partial charge on any atom is -0.379 e. The van der Waals surface area contributed by atoms with E-state index in [0.29, 0.717) is 19.8 Å². The van der Waals surface area contributed by atoms with Crippen molar-refractivity contribution in [3.05, 3.63) is 72.2 Å². The molecule has 2 aliphatic heterocycles. The second-order valence-electron chi connectivity index (χ2n) is 10.1. The summed E-state index contributed by atoms with van der Waals surface area (Å²) in [4.78, 5) is 16.6. The molecule has 5 heterocycles. The molecule has 3 aromatic heterocycles. The number of pyridine rings is 1. The van der Waals surface area contributed by atoms with E-state index in [1.54, 1.807) is 12.1 Å². The summed E-state index contributed by atoms with van der Waals surface area (Å²) in [5, 5.41) is 4.99. The lowest BCUT2D eigenvalue weighted by atomic mass is 10.0. The summed E-state index contributed by atoms with van der Waals surface area (Å²) < 4.78 is 21.4. The number of piperazine rings is 1. The number of anilines is 2. The molecule has 0 spiro atoms. The highest BCUT2D eigenvalue weighted by atomic mass is 19.1. The fourth-order valence-electron chi connectivity index (χ4n) is 5.61. The van der Waals surface area contributed by atoms with Crippen LogP contribution in [-0.4, -0.2) is 83.5 Å². The van der Waals surface area contributed by atoms with E-state index in [4.69, 9.17) is 20.6 Å². The van der Waals surface area contributed by atoms with Crippen molar-refractivity contribution in [2.75, 3.05) is 68.8 Å². The first kappa shape index (κ1) is 25.7. The zero-order chi connectivity index (χ0) is 26.6. The largest absolute Gasteiger partial charge is 0.379 e. The average molecular weight is 531 g/mol. The van der Waals surface area contributed by atoms with Crippen molar-refractivity contribution in [1.82, 2.24) is 24.5 Å². The molecule has 0 radical (unpaired) electrons. The second-order valence-corrected chi connectivity index (χ2v) is 10.1. The van der Waals surface area contributed by atoms with Gasteiger partial charge in [-0.15, -0.1) is 5.10 Å². The molecule has 1 atom stereocenters. The van der Waals surface area contributed by atoms with Crippen molar-refractivity contribution in [1.29, 1.82) is 0 Å². The van der Waals surface area contributed by atoms with E-state index in [0.717, 1.165) is 86.3 Å². The van der Waals surface area contributed by atoms with Crippen molar-refractivity contribution < 1.29 is 9.13 Å². The number of rotatable bonds is 9. The Bertz CT molecular complexity index is 1400. The summed E-state index contributed by atoms with van der Waals surface area (Å²) in [7, 11) is 0. The van der Waals surface area contributed by atoms with Crippen LogP contribution in [0.15, 0.2) is 60.8 Å². The van der Waals surface area contributed by atoms with Crippen molar-refractivity contribution in [3.63, 3.8) is 0 Å².